The Kier molecular flexibility index (Phi) is 4.09. The number of amides is 1. The largest absolute Gasteiger partial charge is 0.419 e. The Morgan fingerprint density at radius 3 is 2.88 bits per heavy atom. The normalized spacial score (nSPS) is 13.9. The van der Waals surface area contributed by atoms with E-state index in [1.54, 1.807) is 6.07 Å². The highest BCUT2D eigenvalue weighted by Gasteiger charge is 2.21. The summed E-state index contributed by atoms with van der Waals surface area (Å²) in [6, 6.07) is 13.0. The maximum atomic E-state index is 12.6. The number of hydrogen-bond acceptors (Lipinski definition) is 3. The number of halogens is 1. The number of hydrogen-bond donors (Lipinski definition) is 0. The number of carbonyl (C=O) groups excluding carboxylic acids is 1. The molecule has 25 heavy (non-hydrogen) atoms. The maximum absolute atomic E-state index is 12.6. The third-order valence-corrected chi connectivity index (χ3v) is 4.89. The first-order valence-electron chi connectivity index (χ1n) is 8.25. The number of nitrogens with zero attached hydrogens (tertiary/aromatic N) is 2. The predicted octanol–water partition coefficient (Wildman–Crippen LogP) is 3.22. The van der Waals surface area contributed by atoms with Crippen molar-refractivity contribution in [3.63, 3.8) is 0 Å². The first kappa shape index (κ1) is 16.0. The summed E-state index contributed by atoms with van der Waals surface area (Å²) in [7, 11) is 0. The molecule has 6 heteroatoms. The molecule has 0 fully saturated rings. The van der Waals surface area contributed by atoms with Crippen LogP contribution in [0.5, 0.6) is 0 Å². The maximum Gasteiger partial charge on any atom is 0.419 e. The second-order valence-corrected chi connectivity index (χ2v) is 6.65. The molecule has 0 spiro atoms. The molecule has 1 aromatic heterocycles. The molecular formula is C19H17ClN2O3. The third kappa shape index (κ3) is 3.07. The number of fused-ring (bicyclic) bond motifs is 2. The number of carbonyl (C=O) groups is 1. The smallest absolute Gasteiger partial charge is 0.408 e. The van der Waals surface area contributed by atoms with E-state index in [9.17, 15) is 9.59 Å². The third-order valence-electron chi connectivity index (χ3n) is 4.66. The minimum atomic E-state index is -0.423. The van der Waals surface area contributed by atoms with Gasteiger partial charge in [-0.2, -0.15) is 0 Å². The summed E-state index contributed by atoms with van der Waals surface area (Å²) in [5, 5.41) is 0.727. The second-order valence-electron chi connectivity index (χ2n) is 6.22. The van der Waals surface area contributed by atoms with Gasteiger partial charge in [0, 0.05) is 31.1 Å². The summed E-state index contributed by atoms with van der Waals surface area (Å²) < 4.78 is 6.72. The molecule has 128 valence electrons. The summed E-state index contributed by atoms with van der Waals surface area (Å²) in [6.45, 7) is 1.58. The zero-order chi connectivity index (χ0) is 17.4. The van der Waals surface area contributed by atoms with Crippen LogP contribution in [0.1, 0.15) is 17.5 Å². The SMILES string of the molecule is O=C(CCn1c(=O)oc2ccccc21)N1CCc2cc(Cl)ccc2C1. The Balaban J connectivity index is 1.47. The summed E-state index contributed by atoms with van der Waals surface area (Å²) in [4.78, 5) is 26.4. The van der Waals surface area contributed by atoms with Crippen molar-refractivity contribution < 1.29 is 9.21 Å². The fourth-order valence-electron chi connectivity index (χ4n) is 3.33. The number of aromatic nitrogens is 1. The van der Waals surface area contributed by atoms with Crippen LogP contribution in [-0.2, 0) is 24.3 Å². The lowest BCUT2D eigenvalue weighted by atomic mass is 9.99. The highest BCUT2D eigenvalue weighted by molar-refractivity contribution is 6.30. The molecule has 4 rings (SSSR count). The standard InChI is InChI=1S/C19H17ClN2O3/c20-15-6-5-14-12-21(9-7-13(14)11-15)18(23)8-10-22-16-3-1-2-4-17(16)25-19(22)24/h1-6,11H,7-10,12H2. The van der Waals surface area contributed by atoms with Gasteiger partial charge in [-0.3, -0.25) is 9.36 Å². The number of para-hydroxylation sites is 2. The first-order chi connectivity index (χ1) is 12.1. The lowest BCUT2D eigenvalue weighted by Gasteiger charge is -2.29. The van der Waals surface area contributed by atoms with Gasteiger partial charge in [-0.05, 0) is 41.8 Å². The second kappa shape index (κ2) is 6.41. The minimum Gasteiger partial charge on any atom is -0.408 e. The number of benzene rings is 2. The molecule has 1 aliphatic heterocycles. The fourth-order valence-corrected chi connectivity index (χ4v) is 3.52. The fraction of sp³-hybridized carbons (Fsp3) is 0.263. The zero-order valence-electron chi connectivity index (χ0n) is 13.6. The zero-order valence-corrected chi connectivity index (χ0v) is 14.3. The number of aryl methyl sites for hydroxylation is 1. The predicted molar refractivity (Wildman–Crippen MR) is 95.7 cm³/mol. The van der Waals surface area contributed by atoms with Gasteiger partial charge in [0.25, 0.3) is 0 Å². The molecule has 3 aromatic rings. The number of oxazole rings is 1. The van der Waals surface area contributed by atoms with Crippen molar-refractivity contribution in [2.75, 3.05) is 6.54 Å². The molecule has 5 nitrogen and oxygen atoms in total. The average Bonchev–Trinajstić information content (AvgIpc) is 2.94. The Hall–Kier alpha value is -2.53. The Labute approximate surface area is 149 Å². The number of rotatable bonds is 3. The van der Waals surface area contributed by atoms with Crippen molar-refractivity contribution in [3.8, 4) is 0 Å². The first-order valence-corrected chi connectivity index (χ1v) is 8.63. The van der Waals surface area contributed by atoms with Crippen molar-refractivity contribution in [2.24, 2.45) is 0 Å². The van der Waals surface area contributed by atoms with E-state index >= 15 is 0 Å². The molecule has 1 aliphatic rings. The van der Waals surface area contributed by atoms with Gasteiger partial charge in [0.15, 0.2) is 5.58 Å². The Morgan fingerprint density at radius 1 is 1.16 bits per heavy atom. The Morgan fingerprint density at radius 2 is 2.00 bits per heavy atom. The van der Waals surface area contributed by atoms with Gasteiger partial charge < -0.3 is 9.32 Å². The molecule has 0 bridgehead atoms. The summed E-state index contributed by atoms with van der Waals surface area (Å²) in [6.07, 6.45) is 1.07. The van der Waals surface area contributed by atoms with Gasteiger partial charge in [-0.1, -0.05) is 29.8 Å². The lowest BCUT2D eigenvalue weighted by Crippen LogP contribution is -2.36. The quantitative estimate of drug-likeness (QED) is 0.724. The molecule has 0 radical (unpaired) electrons. The van der Waals surface area contributed by atoms with Crippen LogP contribution in [0.15, 0.2) is 51.7 Å². The highest BCUT2D eigenvalue weighted by Crippen LogP contribution is 2.23. The van der Waals surface area contributed by atoms with Gasteiger partial charge in [0.05, 0.1) is 5.52 Å². The molecule has 2 heterocycles. The Bertz CT molecular complexity index is 1010. The van der Waals surface area contributed by atoms with Gasteiger partial charge in [0.1, 0.15) is 0 Å². The van der Waals surface area contributed by atoms with E-state index in [-0.39, 0.29) is 12.3 Å². The van der Waals surface area contributed by atoms with E-state index in [1.165, 1.54) is 10.1 Å². The summed E-state index contributed by atoms with van der Waals surface area (Å²) in [5.41, 5.74) is 3.60. The van der Waals surface area contributed by atoms with Crippen LogP contribution in [0.4, 0.5) is 0 Å². The summed E-state index contributed by atoms with van der Waals surface area (Å²) >= 11 is 6.02. The lowest BCUT2D eigenvalue weighted by molar-refractivity contribution is -0.132. The molecule has 0 N–H and O–H groups in total. The molecule has 0 saturated heterocycles. The van der Waals surface area contributed by atoms with Crippen molar-refractivity contribution in [1.29, 1.82) is 0 Å². The van der Waals surface area contributed by atoms with Crippen LogP contribution in [0.25, 0.3) is 11.1 Å². The van der Waals surface area contributed by atoms with Gasteiger partial charge in [-0.15, -0.1) is 0 Å². The molecule has 0 atom stereocenters. The molecule has 2 aromatic carbocycles. The molecule has 0 unspecified atom stereocenters. The van der Waals surface area contributed by atoms with Crippen LogP contribution < -0.4 is 5.76 Å². The van der Waals surface area contributed by atoms with Gasteiger partial charge >= 0.3 is 5.76 Å². The minimum absolute atomic E-state index is 0.0396. The van der Waals surface area contributed by atoms with Gasteiger partial charge in [-0.25, -0.2) is 4.79 Å². The van der Waals surface area contributed by atoms with Gasteiger partial charge in [0.2, 0.25) is 5.91 Å². The topological polar surface area (TPSA) is 55.5 Å². The van der Waals surface area contributed by atoms with Crippen LogP contribution in [0, 0.1) is 0 Å². The van der Waals surface area contributed by atoms with E-state index < -0.39 is 5.76 Å². The van der Waals surface area contributed by atoms with E-state index in [1.807, 2.05) is 41.3 Å². The highest BCUT2D eigenvalue weighted by atomic mass is 35.5. The molecule has 1 amide bonds. The van der Waals surface area contributed by atoms with E-state index in [0.29, 0.717) is 25.2 Å². The van der Waals surface area contributed by atoms with Crippen molar-refractivity contribution >= 4 is 28.6 Å². The van der Waals surface area contributed by atoms with E-state index in [0.717, 1.165) is 22.5 Å². The van der Waals surface area contributed by atoms with Crippen molar-refractivity contribution in [3.05, 3.63) is 69.2 Å². The monoisotopic (exact) mass is 356 g/mol. The van der Waals surface area contributed by atoms with Crippen molar-refractivity contribution in [1.82, 2.24) is 9.47 Å². The van der Waals surface area contributed by atoms with Crippen LogP contribution in [0.2, 0.25) is 5.02 Å². The van der Waals surface area contributed by atoms with Crippen LogP contribution in [-0.4, -0.2) is 21.9 Å². The van der Waals surface area contributed by atoms with Crippen LogP contribution in [0.3, 0.4) is 0 Å². The van der Waals surface area contributed by atoms with Crippen LogP contribution >= 0.6 is 11.6 Å². The molecule has 0 saturated carbocycles. The van der Waals surface area contributed by atoms with E-state index in [4.69, 9.17) is 16.0 Å². The summed E-state index contributed by atoms with van der Waals surface area (Å²) in [5.74, 6) is -0.384. The average molecular weight is 357 g/mol. The molecule has 0 aliphatic carbocycles. The van der Waals surface area contributed by atoms with E-state index in [2.05, 4.69) is 0 Å². The van der Waals surface area contributed by atoms with Crippen molar-refractivity contribution in [2.45, 2.75) is 25.9 Å². The molecular weight excluding hydrogens is 340 g/mol.